The average Bonchev–Trinajstić information content (AvgIpc) is 3.04. The Morgan fingerprint density at radius 3 is 2.11 bits per heavy atom. The zero-order valence-electron chi connectivity index (χ0n) is 12.4. The minimum atomic E-state index is 0.235. The van der Waals surface area contributed by atoms with Gasteiger partial charge < -0.3 is 5.73 Å². The van der Waals surface area contributed by atoms with Gasteiger partial charge in [0.05, 0.1) is 0 Å². The molecule has 1 aliphatic carbocycles. The van der Waals surface area contributed by atoms with Crippen molar-refractivity contribution >= 4 is 0 Å². The minimum absolute atomic E-state index is 0.235. The molecule has 1 heteroatoms. The van der Waals surface area contributed by atoms with Crippen molar-refractivity contribution in [2.24, 2.45) is 17.6 Å². The lowest BCUT2D eigenvalue weighted by Gasteiger charge is -2.21. The average molecular weight is 245 g/mol. The molecule has 0 spiro atoms. The maximum atomic E-state index is 6.46. The van der Waals surface area contributed by atoms with E-state index in [0.717, 1.165) is 5.92 Å². The van der Waals surface area contributed by atoms with Gasteiger partial charge in [-0.2, -0.15) is 0 Å². The van der Waals surface area contributed by atoms with Crippen molar-refractivity contribution in [2.75, 3.05) is 0 Å². The van der Waals surface area contributed by atoms with Crippen LogP contribution in [0, 0.1) is 11.8 Å². The normalized spacial score (nSPS) is 24.7. The maximum absolute atomic E-state index is 6.46. The summed E-state index contributed by atoms with van der Waals surface area (Å²) >= 11 is 0. The fraction of sp³-hybridized carbons (Fsp3) is 0.647. The third-order valence-corrected chi connectivity index (χ3v) is 4.39. The second-order valence-corrected chi connectivity index (χ2v) is 6.60. The van der Waals surface area contributed by atoms with E-state index in [0.29, 0.717) is 17.8 Å². The van der Waals surface area contributed by atoms with E-state index in [1.165, 1.54) is 23.1 Å². The topological polar surface area (TPSA) is 26.0 Å². The lowest BCUT2D eigenvalue weighted by molar-refractivity contribution is 0.583. The van der Waals surface area contributed by atoms with Crippen molar-refractivity contribution in [3.05, 3.63) is 34.9 Å². The lowest BCUT2D eigenvalue weighted by Crippen LogP contribution is -2.16. The van der Waals surface area contributed by atoms with Crippen LogP contribution < -0.4 is 5.73 Å². The van der Waals surface area contributed by atoms with Gasteiger partial charge in [-0.15, -0.1) is 0 Å². The Kier molecular flexibility index (Phi) is 3.82. The lowest BCUT2D eigenvalue weighted by atomic mass is 9.87. The van der Waals surface area contributed by atoms with Gasteiger partial charge >= 0.3 is 0 Å². The molecule has 3 atom stereocenters. The monoisotopic (exact) mass is 245 g/mol. The van der Waals surface area contributed by atoms with E-state index >= 15 is 0 Å². The molecule has 1 fully saturated rings. The van der Waals surface area contributed by atoms with Crippen molar-refractivity contribution in [3.8, 4) is 0 Å². The molecule has 0 aromatic heterocycles. The number of hydrogen-bond acceptors (Lipinski definition) is 1. The van der Waals surface area contributed by atoms with E-state index in [2.05, 4.69) is 52.8 Å². The fourth-order valence-corrected chi connectivity index (χ4v) is 2.84. The Balaban J connectivity index is 2.34. The zero-order valence-corrected chi connectivity index (χ0v) is 12.4. The highest BCUT2D eigenvalue weighted by atomic mass is 14.7. The molecule has 18 heavy (non-hydrogen) atoms. The molecule has 1 aromatic carbocycles. The van der Waals surface area contributed by atoms with Gasteiger partial charge in [-0.3, -0.25) is 0 Å². The Morgan fingerprint density at radius 2 is 1.67 bits per heavy atom. The largest absolute Gasteiger partial charge is 0.324 e. The first-order valence-electron chi connectivity index (χ1n) is 7.31. The van der Waals surface area contributed by atoms with Crippen LogP contribution in [-0.4, -0.2) is 0 Å². The summed E-state index contributed by atoms with van der Waals surface area (Å²) in [4.78, 5) is 0. The third-order valence-electron chi connectivity index (χ3n) is 4.39. The van der Waals surface area contributed by atoms with Crippen molar-refractivity contribution in [3.63, 3.8) is 0 Å². The first kappa shape index (κ1) is 13.6. The molecule has 0 bridgehead atoms. The van der Waals surface area contributed by atoms with Crippen LogP contribution in [0.25, 0.3) is 0 Å². The van der Waals surface area contributed by atoms with Crippen LogP contribution in [0.1, 0.15) is 75.6 Å². The van der Waals surface area contributed by atoms with E-state index in [-0.39, 0.29) is 6.04 Å². The van der Waals surface area contributed by atoms with E-state index in [4.69, 9.17) is 5.73 Å². The summed E-state index contributed by atoms with van der Waals surface area (Å²) in [5.41, 5.74) is 10.7. The predicted octanol–water partition coefficient (Wildman–Crippen LogP) is 4.59. The Bertz CT molecular complexity index is 420. The molecule has 2 N–H and O–H groups in total. The van der Waals surface area contributed by atoms with Gasteiger partial charge in [0.25, 0.3) is 0 Å². The molecule has 0 saturated heterocycles. The highest BCUT2D eigenvalue weighted by molar-refractivity contribution is 5.38. The number of rotatable bonds is 4. The summed E-state index contributed by atoms with van der Waals surface area (Å²) in [5, 5.41) is 0. The second-order valence-electron chi connectivity index (χ2n) is 6.60. The SMILES string of the molecule is CC(C)c1ccc(C(N)C2CC2C)c(C(C)C)c1. The van der Waals surface area contributed by atoms with Crippen LogP contribution in [-0.2, 0) is 0 Å². The van der Waals surface area contributed by atoms with Crippen LogP contribution in [0.5, 0.6) is 0 Å². The molecule has 1 saturated carbocycles. The van der Waals surface area contributed by atoms with E-state index in [1.807, 2.05) is 0 Å². The van der Waals surface area contributed by atoms with Gasteiger partial charge in [0, 0.05) is 6.04 Å². The first-order valence-corrected chi connectivity index (χ1v) is 7.31. The number of benzene rings is 1. The standard InChI is InChI=1S/C17H27N/c1-10(2)13-6-7-14(15(9-13)11(3)4)17(18)16-8-12(16)5/h6-7,9-12,16-17H,8,18H2,1-5H3. The van der Waals surface area contributed by atoms with Gasteiger partial charge in [-0.25, -0.2) is 0 Å². The number of nitrogens with two attached hydrogens (primary N) is 1. The molecule has 0 radical (unpaired) electrons. The predicted molar refractivity (Wildman–Crippen MR) is 78.8 cm³/mol. The molecule has 3 unspecified atom stereocenters. The molecular weight excluding hydrogens is 218 g/mol. The van der Waals surface area contributed by atoms with Crippen molar-refractivity contribution in [1.82, 2.24) is 0 Å². The minimum Gasteiger partial charge on any atom is -0.324 e. The molecule has 0 heterocycles. The highest BCUT2D eigenvalue weighted by Gasteiger charge is 2.39. The molecule has 0 amide bonds. The molecule has 1 nitrogen and oxygen atoms in total. The summed E-state index contributed by atoms with van der Waals surface area (Å²) in [6.07, 6.45) is 1.30. The van der Waals surface area contributed by atoms with E-state index in [1.54, 1.807) is 0 Å². The van der Waals surface area contributed by atoms with Gasteiger partial charge in [-0.05, 0) is 46.8 Å². The Morgan fingerprint density at radius 1 is 1.06 bits per heavy atom. The summed E-state index contributed by atoms with van der Waals surface area (Å²) in [6, 6.07) is 7.15. The maximum Gasteiger partial charge on any atom is 0.0329 e. The van der Waals surface area contributed by atoms with Crippen LogP contribution in [0.3, 0.4) is 0 Å². The summed E-state index contributed by atoms with van der Waals surface area (Å²) in [5.74, 6) is 2.66. The Labute approximate surface area is 112 Å². The van der Waals surface area contributed by atoms with Crippen LogP contribution in [0.4, 0.5) is 0 Å². The summed E-state index contributed by atoms with van der Waals surface area (Å²) < 4.78 is 0. The fourth-order valence-electron chi connectivity index (χ4n) is 2.84. The van der Waals surface area contributed by atoms with Gasteiger partial charge in [0.1, 0.15) is 0 Å². The summed E-state index contributed by atoms with van der Waals surface area (Å²) in [6.45, 7) is 11.4. The molecule has 100 valence electrons. The van der Waals surface area contributed by atoms with Gasteiger partial charge in [-0.1, -0.05) is 52.8 Å². The molecule has 1 aliphatic rings. The van der Waals surface area contributed by atoms with Crippen LogP contribution in [0.2, 0.25) is 0 Å². The van der Waals surface area contributed by atoms with Crippen LogP contribution >= 0.6 is 0 Å². The first-order chi connectivity index (χ1) is 8.41. The number of hydrogen-bond donors (Lipinski definition) is 1. The quantitative estimate of drug-likeness (QED) is 0.825. The molecule has 2 rings (SSSR count). The summed E-state index contributed by atoms with van der Waals surface area (Å²) in [7, 11) is 0. The van der Waals surface area contributed by atoms with Crippen molar-refractivity contribution < 1.29 is 0 Å². The van der Waals surface area contributed by atoms with Crippen LogP contribution in [0.15, 0.2) is 18.2 Å². The Hall–Kier alpha value is -0.820. The van der Waals surface area contributed by atoms with Gasteiger partial charge in [0.15, 0.2) is 0 Å². The molecule has 0 aliphatic heterocycles. The van der Waals surface area contributed by atoms with Crippen molar-refractivity contribution in [2.45, 2.75) is 58.9 Å². The zero-order chi connectivity index (χ0) is 13.4. The molecule has 1 aromatic rings. The van der Waals surface area contributed by atoms with E-state index < -0.39 is 0 Å². The van der Waals surface area contributed by atoms with Crippen molar-refractivity contribution in [1.29, 1.82) is 0 Å². The molecular formula is C17H27N. The third kappa shape index (κ3) is 2.61. The smallest absolute Gasteiger partial charge is 0.0329 e. The highest BCUT2D eigenvalue weighted by Crippen LogP contribution is 2.47. The second kappa shape index (κ2) is 5.05. The van der Waals surface area contributed by atoms with Gasteiger partial charge in [0.2, 0.25) is 0 Å². The van der Waals surface area contributed by atoms with E-state index in [9.17, 15) is 0 Å².